The topological polar surface area (TPSA) is 39.1 Å². The van der Waals surface area contributed by atoms with Crippen LogP contribution in [0.1, 0.15) is 23.9 Å². The minimum absolute atomic E-state index is 0.645. The molecule has 4 nitrogen and oxygen atoms in total. The molecule has 96 valence electrons. The van der Waals surface area contributed by atoms with Crippen molar-refractivity contribution in [2.75, 3.05) is 19.8 Å². The van der Waals surface area contributed by atoms with Crippen molar-refractivity contribution in [2.24, 2.45) is 7.05 Å². The maximum Gasteiger partial charge on any atom is 0.0672 e. The molecular weight excluding hydrogens is 214 g/mol. The summed E-state index contributed by atoms with van der Waals surface area (Å²) < 4.78 is 7.34. The van der Waals surface area contributed by atoms with Crippen molar-refractivity contribution in [2.45, 2.75) is 27.3 Å². The zero-order valence-corrected chi connectivity index (χ0v) is 11.3. The number of nitrogens with zero attached hydrogens (tertiary/aromatic N) is 2. The summed E-state index contributed by atoms with van der Waals surface area (Å²) in [6.07, 6.45) is 0. The van der Waals surface area contributed by atoms with Crippen molar-refractivity contribution in [3.8, 4) is 0 Å². The first kappa shape index (κ1) is 13.9. The Bertz CT molecular complexity index is 382. The molecule has 0 radical (unpaired) electrons. The Morgan fingerprint density at radius 3 is 2.71 bits per heavy atom. The van der Waals surface area contributed by atoms with Crippen LogP contribution >= 0.6 is 0 Å². The Balaban J connectivity index is 2.24. The van der Waals surface area contributed by atoms with Gasteiger partial charge >= 0.3 is 0 Å². The van der Waals surface area contributed by atoms with Crippen molar-refractivity contribution < 1.29 is 4.74 Å². The van der Waals surface area contributed by atoms with Gasteiger partial charge in [-0.2, -0.15) is 5.10 Å². The highest BCUT2D eigenvalue weighted by atomic mass is 16.5. The molecule has 4 heteroatoms. The lowest BCUT2D eigenvalue weighted by Crippen LogP contribution is -2.20. The molecule has 1 N–H and O–H groups in total. The molecule has 1 rings (SSSR count). The van der Waals surface area contributed by atoms with E-state index in [1.165, 1.54) is 11.3 Å². The Labute approximate surface area is 104 Å². The maximum atomic E-state index is 5.42. The van der Waals surface area contributed by atoms with Crippen LogP contribution < -0.4 is 5.32 Å². The van der Waals surface area contributed by atoms with Crippen molar-refractivity contribution in [1.29, 1.82) is 0 Å². The molecule has 0 aliphatic carbocycles. The van der Waals surface area contributed by atoms with Crippen LogP contribution in [0.25, 0.3) is 0 Å². The van der Waals surface area contributed by atoms with E-state index in [1.807, 2.05) is 25.6 Å². The van der Waals surface area contributed by atoms with Gasteiger partial charge in [0.05, 0.1) is 18.9 Å². The molecular formula is C13H23N3O. The van der Waals surface area contributed by atoms with Crippen LogP contribution in [0, 0.1) is 13.8 Å². The highest BCUT2D eigenvalue weighted by Gasteiger charge is 2.07. The molecule has 0 saturated heterocycles. The van der Waals surface area contributed by atoms with Gasteiger partial charge in [0.25, 0.3) is 0 Å². The number of nitrogens with one attached hydrogen (secondary N) is 1. The van der Waals surface area contributed by atoms with E-state index >= 15 is 0 Å². The zero-order chi connectivity index (χ0) is 12.8. The fourth-order valence-corrected chi connectivity index (χ4v) is 1.68. The first-order chi connectivity index (χ1) is 8.02. The van der Waals surface area contributed by atoms with Gasteiger partial charge in [-0.15, -0.1) is 0 Å². The van der Waals surface area contributed by atoms with Crippen molar-refractivity contribution in [3.05, 3.63) is 29.1 Å². The quantitative estimate of drug-likeness (QED) is 0.580. The van der Waals surface area contributed by atoms with Gasteiger partial charge in [-0.1, -0.05) is 12.2 Å². The summed E-state index contributed by atoms with van der Waals surface area (Å²) >= 11 is 0. The largest absolute Gasteiger partial charge is 0.376 e. The van der Waals surface area contributed by atoms with Gasteiger partial charge in [0.1, 0.15) is 0 Å². The molecule has 0 bridgehead atoms. The van der Waals surface area contributed by atoms with Gasteiger partial charge in [0.15, 0.2) is 0 Å². The predicted molar refractivity (Wildman–Crippen MR) is 70.0 cm³/mol. The monoisotopic (exact) mass is 237 g/mol. The van der Waals surface area contributed by atoms with E-state index in [4.69, 9.17) is 4.74 Å². The maximum absolute atomic E-state index is 5.42. The lowest BCUT2D eigenvalue weighted by Gasteiger charge is -2.06. The molecule has 1 aromatic heterocycles. The predicted octanol–water partition coefficient (Wildman–Crippen LogP) is 1.72. The lowest BCUT2D eigenvalue weighted by molar-refractivity contribution is 0.157. The highest BCUT2D eigenvalue weighted by molar-refractivity contribution is 5.23. The normalized spacial score (nSPS) is 10.8. The van der Waals surface area contributed by atoms with E-state index in [1.54, 1.807) is 0 Å². The number of rotatable bonds is 7. The second-order valence-corrected chi connectivity index (χ2v) is 4.46. The molecule has 0 atom stereocenters. The van der Waals surface area contributed by atoms with Crippen LogP contribution in [0.3, 0.4) is 0 Å². The molecule has 0 fully saturated rings. The summed E-state index contributed by atoms with van der Waals surface area (Å²) in [5, 5.41) is 7.75. The van der Waals surface area contributed by atoms with Crippen molar-refractivity contribution >= 4 is 0 Å². The Morgan fingerprint density at radius 2 is 2.18 bits per heavy atom. The second-order valence-electron chi connectivity index (χ2n) is 4.46. The zero-order valence-electron chi connectivity index (χ0n) is 11.3. The Morgan fingerprint density at radius 1 is 1.47 bits per heavy atom. The first-order valence-corrected chi connectivity index (χ1v) is 5.94. The van der Waals surface area contributed by atoms with Gasteiger partial charge in [-0.3, -0.25) is 4.68 Å². The average Bonchev–Trinajstić information content (AvgIpc) is 2.48. The summed E-state index contributed by atoms with van der Waals surface area (Å²) in [5.41, 5.74) is 4.66. The van der Waals surface area contributed by atoms with Gasteiger partial charge in [0.2, 0.25) is 0 Å². The minimum atomic E-state index is 0.645. The van der Waals surface area contributed by atoms with Crippen LogP contribution in [0.4, 0.5) is 0 Å². The fraction of sp³-hybridized carbons (Fsp3) is 0.615. The number of hydrogen-bond donors (Lipinski definition) is 1. The van der Waals surface area contributed by atoms with Gasteiger partial charge in [-0.25, -0.2) is 0 Å². The highest BCUT2D eigenvalue weighted by Crippen LogP contribution is 2.10. The summed E-state index contributed by atoms with van der Waals surface area (Å²) in [7, 11) is 1.97. The number of hydrogen-bond acceptors (Lipinski definition) is 3. The van der Waals surface area contributed by atoms with E-state index in [0.717, 1.165) is 24.4 Å². The van der Waals surface area contributed by atoms with Crippen LogP contribution in [0.2, 0.25) is 0 Å². The lowest BCUT2D eigenvalue weighted by atomic mass is 10.2. The van der Waals surface area contributed by atoms with Gasteiger partial charge in [-0.05, 0) is 20.8 Å². The van der Waals surface area contributed by atoms with Crippen LogP contribution in [-0.4, -0.2) is 29.5 Å². The minimum Gasteiger partial charge on any atom is -0.376 e. The molecule has 0 aliphatic heterocycles. The molecule has 0 unspecified atom stereocenters. The third-order valence-electron chi connectivity index (χ3n) is 2.73. The number of aryl methyl sites for hydroxylation is 2. The fourth-order valence-electron chi connectivity index (χ4n) is 1.68. The van der Waals surface area contributed by atoms with Crippen molar-refractivity contribution in [1.82, 2.24) is 15.1 Å². The Kier molecular flexibility index (Phi) is 5.38. The third-order valence-corrected chi connectivity index (χ3v) is 2.73. The average molecular weight is 237 g/mol. The summed E-state index contributed by atoms with van der Waals surface area (Å²) in [6, 6.07) is 0. The number of ether oxygens (including phenoxy) is 1. The van der Waals surface area contributed by atoms with E-state index in [9.17, 15) is 0 Å². The molecule has 1 aromatic rings. The molecule has 0 saturated carbocycles. The van der Waals surface area contributed by atoms with Gasteiger partial charge in [0, 0.05) is 31.4 Å². The summed E-state index contributed by atoms with van der Waals surface area (Å²) in [5.74, 6) is 0. The third kappa shape index (κ3) is 4.32. The van der Waals surface area contributed by atoms with E-state index < -0.39 is 0 Å². The van der Waals surface area contributed by atoms with Crippen LogP contribution in [0.15, 0.2) is 12.2 Å². The number of aromatic nitrogens is 2. The molecule has 1 heterocycles. The molecule has 0 amide bonds. The van der Waals surface area contributed by atoms with Gasteiger partial charge < -0.3 is 10.1 Å². The summed E-state index contributed by atoms with van der Waals surface area (Å²) in [4.78, 5) is 0. The Hall–Kier alpha value is -1.13. The standard InChI is InChI=1S/C13H23N3O/c1-10(2)9-17-7-6-14-8-13-11(3)15-16(5)12(13)4/h14H,1,6-9H2,2-5H3. The van der Waals surface area contributed by atoms with E-state index in [2.05, 4.69) is 23.9 Å². The first-order valence-electron chi connectivity index (χ1n) is 5.94. The molecule has 0 aliphatic rings. The molecule has 0 spiro atoms. The molecule has 17 heavy (non-hydrogen) atoms. The van der Waals surface area contributed by atoms with Crippen LogP contribution in [0.5, 0.6) is 0 Å². The van der Waals surface area contributed by atoms with E-state index in [0.29, 0.717) is 13.2 Å². The summed E-state index contributed by atoms with van der Waals surface area (Å²) in [6.45, 7) is 12.9. The molecule has 0 aromatic carbocycles. The smallest absolute Gasteiger partial charge is 0.0672 e. The van der Waals surface area contributed by atoms with Crippen molar-refractivity contribution in [3.63, 3.8) is 0 Å². The SMILES string of the molecule is C=C(C)COCCNCc1c(C)nn(C)c1C. The van der Waals surface area contributed by atoms with Crippen LogP contribution in [-0.2, 0) is 18.3 Å². The van der Waals surface area contributed by atoms with E-state index in [-0.39, 0.29) is 0 Å². The second kappa shape index (κ2) is 6.57.